The maximum absolute atomic E-state index is 4.88. The van der Waals surface area contributed by atoms with Crippen molar-refractivity contribution >= 4 is 18.8 Å². The summed E-state index contributed by atoms with van der Waals surface area (Å²) in [7, 11) is 9.75. The molecule has 0 rings (SSSR count). The second-order valence-corrected chi connectivity index (χ2v) is 3.33. The van der Waals surface area contributed by atoms with Gasteiger partial charge in [-0.15, -0.1) is 0 Å². The topological polar surface area (TPSA) is 63.0 Å². The van der Waals surface area contributed by atoms with Gasteiger partial charge in [0.05, 0.1) is 0 Å². The van der Waals surface area contributed by atoms with Crippen LogP contribution >= 0.6 is 18.8 Å². The molecule has 0 heterocycles. The summed E-state index contributed by atoms with van der Waals surface area (Å²) in [6.45, 7) is 0. The van der Waals surface area contributed by atoms with E-state index in [1.54, 1.807) is 0 Å². The molecule has 0 aromatic heterocycles. The molecule has 0 saturated heterocycles. The van der Waals surface area contributed by atoms with Crippen LogP contribution < -0.4 is 0 Å². The van der Waals surface area contributed by atoms with Crippen molar-refractivity contribution in [3.63, 3.8) is 0 Å². The second-order valence-electron chi connectivity index (χ2n) is 0.0452. The Balaban J connectivity index is -0.0000000200. The Labute approximate surface area is 46.5 Å². The minimum absolute atomic E-state index is 0. The van der Waals surface area contributed by atoms with Gasteiger partial charge in [0.2, 0.25) is 0 Å². The molecule has 0 atom stereocenters. The van der Waals surface area contributed by atoms with E-state index in [0.29, 0.717) is 0 Å². The number of rotatable bonds is 0. The van der Waals surface area contributed by atoms with Crippen LogP contribution in [0, 0.1) is 0 Å². The summed E-state index contributed by atoms with van der Waals surface area (Å²) in [5.41, 5.74) is 0. The van der Waals surface area contributed by atoms with E-state index in [0.717, 1.165) is 0 Å². The SMILES string of the molecule is O.O.[Cl][Pt][Cl]. The van der Waals surface area contributed by atoms with E-state index >= 15 is 0 Å². The zero-order chi connectivity index (χ0) is 2.71. The summed E-state index contributed by atoms with van der Waals surface area (Å²) in [5.74, 6) is 0. The average Bonchev–Trinajstić information content (AvgIpc) is 0.918. The number of hydrogen-bond acceptors (Lipinski definition) is 0. The van der Waals surface area contributed by atoms with Crippen LogP contribution in [0.4, 0.5) is 0 Å². The van der Waals surface area contributed by atoms with Gasteiger partial charge in [-0.3, -0.25) is 0 Å². The molecule has 0 aromatic rings. The van der Waals surface area contributed by atoms with E-state index in [1.807, 2.05) is 0 Å². The Kier molecular flexibility index (Phi) is 62.3. The van der Waals surface area contributed by atoms with Crippen LogP contribution in [-0.4, -0.2) is 11.0 Å². The first-order chi connectivity index (χ1) is 1.41. The molecule has 0 radical (unpaired) electrons. The fourth-order valence-corrected chi connectivity index (χ4v) is 0. The Hall–Kier alpha value is 1.19. The Morgan fingerprint density at radius 3 is 1.00 bits per heavy atom. The van der Waals surface area contributed by atoms with Gasteiger partial charge in [0.15, 0.2) is 0 Å². The summed E-state index contributed by atoms with van der Waals surface area (Å²) in [5, 5.41) is 0. The molecule has 0 bridgehead atoms. The zero-order valence-electron chi connectivity index (χ0n) is 2.07. The van der Waals surface area contributed by atoms with Crippen molar-refractivity contribution < 1.29 is 27.4 Å². The van der Waals surface area contributed by atoms with Crippen molar-refractivity contribution in [3.8, 4) is 0 Å². The third-order valence-electron chi connectivity index (χ3n) is 0. The van der Waals surface area contributed by atoms with E-state index in [1.165, 1.54) is 0 Å². The van der Waals surface area contributed by atoms with Gasteiger partial charge in [0.25, 0.3) is 0 Å². The molecular formula is H4Cl2O2Pt. The minimum atomic E-state index is -0.472. The van der Waals surface area contributed by atoms with Crippen LogP contribution in [0.2, 0.25) is 0 Å². The van der Waals surface area contributed by atoms with Gasteiger partial charge >= 0.3 is 35.3 Å². The summed E-state index contributed by atoms with van der Waals surface area (Å²) >= 11 is -0.472. The molecule has 5 heteroatoms. The van der Waals surface area contributed by atoms with Crippen LogP contribution in [-0.2, 0) is 16.5 Å². The molecule has 0 amide bonds. The molecule has 0 fully saturated rings. The first-order valence-electron chi connectivity index (χ1n) is 0.239. The first-order valence-corrected chi connectivity index (χ1v) is 5.87. The van der Waals surface area contributed by atoms with Crippen LogP contribution in [0.3, 0.4) is 0 Å². The van der Waals surface area contributed by atoms with Gasteiger partial charge in [-0.2, -0.15) is 0 Å². The van der Waals surface area contributed by atoms with Crippen LogP contribution in [0.5, 0.6) is 0 Å². The van der Waals surface area contributed by atoms with Crippen LogP contribution in [0.15, 0.2) is 0 Å². The van der Waals surface area contributed by atoms with Crippen molar-refractivity contribution in [2.45, 2.75) is 0 Å². The number of halogens is 2. The second kappa shape index (κ2) is 19.0. The molecular weight excluding hydrogens is 298 g/mol. The Bertz CT molecular complexity index is 7.61. The van der Waals surface area contributed by atoms with E-state index in [4.69, 9.17) is 18.8 Å². The molecule has 0 saturated carbocycles. The molecule has 0 unspecified atom stereocenters. The van der Waals surface area contributed by atoms with Crippen molar-refractivity contribution in [1.29, 1.82) is 0 Å². The van der Waals surface area contributed by atoms with E-state index in [-0.39, 0.29) is 11.0 Å². The predicted octanol–water partition coefficient (Wildman–Crippen LogP) is -0.273. The predicted molar refractivity (Wildman–Crippen MR) is 18.9 cm³/mol. The van der Waals surface area contributed by atoms with Crippen molar-refractivity contribution in [1.82, 2.24) is 0 Å². The molecule has 0 aromatic carbocycles. The third kappa shape index (κ3) is 37.3. The van der Waals surface area contributed by atoms with Gasteiger partial charge in [-0.05, 0) is 0 Å². The summed E-state index contributed by atoms with van der Waals surface area (Å²) < 4.78 is 0. The standard InChI is InChI=1S/2ClH.2H2O.Pt/h2*1H;2*1H2;/q;;;;+2/p-2. The van der Waals surface area contributed by atoms with Crippen molar-refractivity contribution in [2.75, 3.05) is 0 Å². The van der Waals surface area contributed by atoms with E-state index in [9.17, 15) is 0 Å². The molecule has 0 aliphatic rings. The van der Waals surface area contributed by atoms with Gasteiger partial charge < -0.3 is 11.0 Å². The van der Waals surface area contributed by atoms with Gasteiger partial charge in [-0.1, -0.05) is 0 Å². The summed E-state index contributed by atoms with van der Waals surface area (Å²) in [6, 6.07) is 0. The van der Waals surface area contributed by atoms with E-state index in [2.05, 4.69) is 0 Å². The first kappa shape index (κ1) is 16.4. The molecule has 4 N–H and O–H groups in total. The molecule has 2 nitrogen and oxygen atoms in total. The van der Waals surface area contributed by atoms with Gasteiger partial charge in [0.1, 0.15) is 0 Å². The Morgan fingerprint density at radius 2 is 1.00 bits per heavy atom. The summed E-state index contributed by atoms with van der Waals surface area (Å²) in [6.07, 6.45) is 0. The molecule has 40 valence electrons. The number of hydrogen-bond donors (Lipinski definition) is 0. The van der Waals surface area contributed by atoms with Gasteiger partial charge in [-0.25, -0.2) is 0 Å². The van der Waals surface area contributed by atoms with Crippen molar-refractivity contribution in [2.24, 2.45) is 0 Å². The third-order valence-corrected chi connectivity index (χ3v) is 0. The van der Waals surface area contributed by atoms with E-state index < -0.39 is 16.5 Å². The maximum atomic E-state index is 4.88. The molecule has 5 heavy (non-hydrogen) atoms. The molecule has 0 aliphatic heterocycles. The van der Waals surface area contributed by atoms with Crippen LogP contribution in [0.25, 0.3) is 0 Å². The molecule has 0 aliphatic carbocycles. The van der Waals surface area contributed by atoms with Gasteiger partial charge in [0, 0.05) is 0 Å². The van der Waals surface area contributed by atoms with Crippen molar-refractivity contribution in [3.05, 3.63) is 0 Å². The Morgan fingerprint density at radius 1 is 1.00 bits per heavy atom. The zero-order valence-corrected chi connectivity index (χ0v) is 5.86. The molecule has 0 spiro atoms. The summed E-state index contributed by atoms with van der Waals surface area (Å²) in [4.78, 5) is 0. The fourth-order valence-electron chi connectivity index (χ4n) is 0. The quantitative estimate of drug-likeness (QED) is 0.591. The normalized spacial score (nSPS) is 4.40. The monoisotopic (exact) mass is 301 g/mol. The average molecular weight is 302 g/mol. The fraction of sp³-hybridized carbons (Fsp3) is 0. The van der Waals surface area contributed by atoms with Crippen LogP contribution in [0.1, 0.15) is 0 Å².